The van der Waals surface area contributed by atoms with Crippen LogP contribution >= 0.6 is 0 Å². The Morgan fingerprint density at radius 3 is 2.25 bits per heavy atom. The number of hydrogen-bond donors (Lipinski definition) is 0. The fraction of sp³-hybridized carbons (Fsp3) is 0.308. The summed E-state index contributed by atoms with van der Waals surface area (Å²) in [5.74, 6) is 0.671. The van der Waals surface area contributed by atoms with E-state index in [0.717, 1.165) is 37.9 Å². The molecule has 0 amide bonds. The molecule has 0 saturated carbocycles. The van der Waals surface area contributed by atoms with E-state index in [4.69, 9.17) is 4.99 Å². The molecule has 0 atom stereocenters. The predicted octanol–water partition coefficient (Wildman–Crippen LogP) is 6.14. The van der Waals surface area contributed by atoms with Crippen LogP contribution in [-0.4, -0.2) is 17.2 Å². The molecule has 0 unspecified atom stereocenters. The first-order chi connectivity index (χ1) is 13.7. The lowest BCUT2D eigenvalue weighted by Crippen LogP contribution is -2.07. The molecule has 144 valence electrons. The molecule has 0 fully saturated rings. The van der Waals surface area contributed by atoms with E-state index in [0.29, 0.717) is 5.92 Å². The standard InChI is InChI=1S/C26H30N2/c1-21(2)13-14-26(28-17-15-22-9-5-3-6-10-22)24-16-18-27-25(20-24)19-23-11-7-4-8-12-23/h3-12,16,18,20-21H,13-15,17,19H2,1-2H3. The van der Waals surface area contributed by atoms with Gasteiger partial charge in [-0.1, -0.05) is 74.5 Å². The summed E-state index contributed by atoms with van der Waals surface area (Å²) >= 11 is 0. The van der Waals surface area contributed by atoms with Gasteiger partial charge in [-0.2, -0.15) is 0 Å². The molecule has 0 spiro atoms. The maximum atomic E-state index is 5.00. The number of benzene rings is 2. The zero-order chi connectivity index (χ0) is 19.6. The first kappa shape index (κ1) is 20.0. The van der Waals surface area contributed by atoms with Crippen LogP contribution in [0.25, 0.3) is 0 Å². The van der Waals surface area contributed by atoms with E-state index in [1.165, 1.54) is 22.4 Å². The van der Waals surface area contributed by atoms with Crippen molar-refractivity contribution in [3.8, 4) is 0 Å². The second kappa shape index (κ2) is 10.6. The maximum Gasteiger partial charge on any atom is 0.0454 e. The summed E-state index contributed by atoms with van der Waals surface area (Å²) in [7, 11) is 0. The molecular formula is C26H30N2. The minimum Gasteiger partial charge on any atom is -0.289 e. The summed E-state index contributed by atoms with van der Waals surface area (Å²) in [5, 5.41) is 0. The first-order valence-electron chi connectivity index (χ1n) is 10.3. The molecule has 1 heterocycles. The minimum atomic E-state index is 0.671. The summed E-state index contributed by atoms with van der Waals surface area (Å²) in [5.41, 5.74) is 6.16. The average molecular weight is 371 g/mol. The number of aliphatic imine (C=N–C) groups is 1. The van der Waals surface area contributed by atoms with Crippen molar-refractivity contribution in [3.63, 3.8) is 0 Å². The molecule has 2 aromatic carbocycles. The number of hydrogen-bond acceptors (Lipinski definition) is 2. The van der Waals surface area contributed by atoms with Crippen LogP contribution in [0.5, 0.6) is 0 Å². The van der Waals surface area contributed by atoms with Crippen molar-refractivity contribution in [2.45, 2.75) is 39.5 Å². The van der Waals surface area contributed by atoms with Gasteiger partial charge in [-0.05, 0) is 54.0 Å². The third kappa shape index (κ3) is 6.45. The van der Waals surface area contributed by atoms with Crippen LogP contribution in [0, 0.1) is 5.92 Å². The van der Waals surface area contributed by atoms with Gasteiger partial charge in [-0.3, -0.25) is 9.98 Å². The van der Waals surface area contributed by atoms with E-state index in [1.807, 2.05) is 6.20 Å². The molecule has 28 heavy (non-hydrogen) atoms. The van der Waals surface area contributed by atoms with E-state index >= 15 is 0 Å². The van der Waals surface area contributed by atoms with Crippen LogP contribution in [0.4, 0.5) is 0 Å². The zero-order valence-corrected chi connectivity index (χ0v) is 17.0. The van der Waals surface area contributed by atoms with Crippen molar-refractivity contribution < 1.29 is 0 Å². The Labute approximate surface area is 169 Å². The summed E-state index contributed by atoms with van der Waals surface area (Å²) in [6.45, 7) is 5.37. The highest BCUT2D eigenvalue weighted by atomic mass is 14.7. The van der Waals surface area contributed by atoms with Crippen molar-refractivity contribution in [2.75, 3.05) is 6.54 Å². The van der Waals surface area contributed by atoms with Gasteiger partial charge in [-0.25, -0.2) is 0 Å². The molecule has 0 saturated heterocycles. The third-order valence-corrected chi connectivity index (χ3v) is 4.88. The van der Waals surface area contributed by atoms with Crippen LogP contribution in [0.1, 0.15) is 49.1 Å². The maximum absolute atomic E-state index is 5.00. The molecule has 1 aromatic heterocycles. The van der Waals surface area contributed by atoms with Gasteiger partial charge < -0.3 is 0 Å². The number of nitrogens with zero attached hydrogens (tertiary/aromatic N) is 2. The van der Waals surface area contributed by atoms with Crippen LogP contribution in [-0.2, 0) is 12.8 Å². The molecule has 2 nitrogen and oxygen atoms in total. The molecule has 3 rings (SSSR count). The largest absolute Gasteiger partial charge is 0.289 e. The van der Waals surface area contributed by atoms with Crippen LogP contribution < -0.4 is 0 Å². The smallest absolute Gasteiger partial charge is 0.0454 e. The molecule has 3 aromatic rings. The van der Waals surface area contributed by atoms with Gasteiger partial charge in [0, 0.05) is 30.6 Å². The molecule has 0 aliphatic heterocycles. The first-order valence-corrected chi connectivity index (χ1v) is 10.3. The Morgan fingerprint density at radius 1 is 0.893 bits per heavy atom. The summed E-state index contributed by atoms with van der Waals surface area (Å²) in [6.07, 6.45) is 5.93. The highest BCUT2D eigenvalue weighted by molar-refractivity contribution is 6.00. The topological polar surface area (TPSA) is 25.2 Å². The Hall–Kier alpha value is -2.74. The van der Waals surface area contributed by atoms with Crippen molar-refractivity contribution in [1.29, 1.82) is 0 Å². The zero-order valence-electron chi connectivity index (χ0n) is 17.0. The Kier molecular flexibility index (Phi) is 7.54. The molecular weight excluding hydrogens is 340 g/mol. The minimum absolute atomic E-state index is 0.671. The Balaban J connectivity index is 1.75. The van der Waals surface area contributed by atoms with Crippen LogP contribution in [0.2, 0.25) is 0 Å². The van der Waals surface area contributed by atoms with Crippen LogP contribution in [0.3, 0.4) is 0 Å². The van der Waals surface area contributed by atoms with Crippen molar-refractivity contribution in [2.24, 2.45) is 10.9 Å². The van der Waals surface area contributed by atoms with Crippen molar-refractivity contribution in [3.05, 3.63) is 101 Å². The van der Waals surface area contributed by atoms with E-state index < -0.39 is 0 Å². The fourth-order valence-electron chi connectivity index (χ4n) is 3.26. The van der Waals surface area contributed by atoms with E-state index in [1.54, 1.807) is 0 Å². The summed E-state index contributed by atoms with van der Waals surface area (Å²) < 4.78 is 0. The normalized spacial score (nSPS) is 11.8. The SMILES string of the molecule is CC(C)CCC(=NCCc1ccccc1)c1ccnc(Cc2ccccc2)c1. The lowest BCUT2D eigenvalue weighted by atomic mass is 9.99. The molecule has 2 heteroatoms. The van der Waals surface area contributed by atoms with Crippen LogP contribution in [0.15, 0.2) is 84.0 Å². The molecule has 0 N–H and O–H groups in total. The van der Waals surface area contributed by atoms with Gasteiger partial charge in [-0.15, -0.1) is 0 Å². The van der Waals surface area contributed by atoms with Gasteiger partial charge in [0.05, 0.1) is 0 Å². The Morgan fingerprint density at radius 2 is 1.57 bits per heavy atom. The summed E-state index contributed by atoms with van der Waals surface area (Å²) in [6, 6.07) is 25.4. The summed E-state index contributed by atoms with van der Waals surface area (Å²) in [4.78, 5) is 9.58. The Bertz CT molecular complexity index is 867. The predicted molar refractivity (Wildman–Crippen MR) is 119 cm³/mol. The van der Waals surface area contributed by atoms with Gasteiger partial charge in [0.1, 0.15) is 0 Å². The third-order valence-electron chi connectivity index (χ3n) is 4.88. The molecule has 0 radical (unpaired) electrons. The lowest BCUT2D eigenvalue weighted by Gasteiger charge is -2.11. The van der Waals surface area contributed by atoms with Gasteiger partial charge in [0.2, 0.25) is 0 Å². The second-order valence-corrected chi connectivity index (χ2v) is 7.69. The van der Waals surface area contributed by atoms with Gasteiger partial charge >= 0.3 is 0 Å². The molecule has 0 bridgehead atoms. The van der Waals surface area contributed by atoms with E-state index in [2.05, 4.69) is 91.6 Å². The van der Waals surface area contributed by atoms with Gasteiger partial charge in [0.25, 0.3) is 0 Å². The second-order valence-electron chi connectivity index (χ2n) is 7.69. The van der Waals surface area contributed by atoms with Gasteiger partial charge in [0.15, 0.2) is 0 Å². The monoisotopic (exact) mass is 370 g/mol. The van der Waals surface area contributed by atoms with Crippen molar-refractivity contribution >= 4 is 5.71 Å². The fourth-order valence-corrected chi connectivity index (χ4v) is 3.26. The van der Waals surface area contributed by atoms with E-state index in [9.17, 15) is 0 Å². The van der Waals surface area contributed by atoms with E-state index in [-0.39, 0.29) is 0 Å². The quantitative estimate of drug-likeness (QED) is 0.415. The van der Waals surface area contributed by atoms with Crippen molar-refractivity contribution in [1.82, 2.24) is 4.98 Å². The highest BCUT2D eigenvalue weighted by Crippen LogP contribution is 2.15. The highest BCUT2D eigenvalue weighted by Gasteiger charge is 2.08. The average Bonchev–Trinajstić information content (AvgIpc) is 2.72. The number of pyridine rings is 1. The number of rotatable bonds is 9. The molecule has 0 aliphatic rings. The molecule has 0 aliphatic carbocycles. The lowest BCUT2D eigenvalue weighted by molar-refractivity contribution is 0.603. The number of aromatic nitrogens is 1.